The summed E-state index contributed by atoms with van der Waals surface area (Å²) in [6, 6.07) is 9.52. The van der Waals surface area contributed by atoms with Crippen molar-refractivity contribution in [3.63, 3.8) is 0 Å². The number of rotatable bonds is 4. The van der Waals surface area contributed by atoms with Gasteiger partial charge in [-0.05, 0) is 45.0 Å². The first-order chi connectivity index (χ1) is 10.4. The van der Waals surface area contributed by atoms with Crippen molar-refractivity contribution in [3.05, 3.63) is 52.3 Å². The summed E-state index contributed by atoms with van der Waals surface area (Å²) in [6.45, 7) is 6.31. The summed E-state index contributed by atoms with van der Waals surface area (Å²) in [5.41, 5.74) is 9.21. The maximum atomic E-state index is 12.7. The lowest BCUT2D eigenvalue weighted by molar-refractivity contribution is 0.0747. The number of carbonyl (C=O) groups is 1. The van der Waals surface area contributed by atoms with Crippen molar-refractivity contribution in [2.45, 2.75) is 26.8 Å². The first kappa shape index (κ1) is 16.6. The number of hydrogen-bond acceptors (Lipinski definition) is 2. The van der Waals surface area contributed by atoms with Crippen LogP contribution in [0.3, 0.4) is 0 Å². The van der Waals surface area contributed by atoms with Crippen LogP contribution in [0.5, 0.6) is 0 Å². The van der Waals surface area contributed by atoms with Gasteiger partial charge in [-0.3, -0.25) is 4.79 Å². The number of halogens is 1. The van der Waals surface area contributed by atoms with E-state index in [0.717, 1.165) is 17.1 Å². The Balaban J connectivity index is 2.46. The van der Waals surface area contributed by atoms with E-state index in [1.807, 2.05) is 55.7 Å². The third kappa shape index (κ3) is 3.03. The molecule has 0 radical (unpaired) electrons. The molecule has 118 valence electrons. The monoisotopic (exact) mass is 319 g/mol. The molecule has 0 aliphatic carbocycles. The van der Waals surface area contributed by atoms with Gasteiger partial charge in [0.15, 0.2) is 0 Å². The van der Waals surface area contributed by atoms with Crippen molar-refractivity contribution < 1.29 is 4.79 Å². The van der Waals surface area contributed by atoms with Gasteiger partial charge in [-0.2, -0.15) is 0 Å². The van der Waals surface area contributed by atoms with Gasteiger partial charge in [0.1, 0.15) is 0 Å². The van der Waals surface area contributed by atoms with E-state index in [1.54, 1.807) is 11.9 Å². The van der Waals surface area contributed by atoms with Crippen LogP contribution in [0.15, 0.2) is 30.3 Å². The molecule has 1 aromatic carbocycles. The molecule has 1 heterocycles. The van der Waals surface area contributed by atoms with E-state index in [-0.39, 0.29) is 11.9 Å². The minimum absolute atomic E-state index is 0.00160. The van der Waals surface area contributed by atoms with Gasteiger partial charge in [0.2, 0.25) is 0 Å². The first-order valence-electron chi connectivity index (χ1n) is 7.29. The fourth-order valence-corrected chi connectivity index (χ4v) is 2.72. The highest BCUT2D eigenvalue weighted by atomic mass is 35.5. The fraction of sp³-hybridized carbons (Fsp3) is 0.353. The molecule has 4 nitrogen and oxygen atoms in total. The molecule has 2 N–H and O–H groups in total. The van der Waals surface area contributed by atoms with E-state index >= 15 is 0 Å². The highest BCUT2D eigenvalue weighted by Gasteiger charge is 2.22. The quantitative estimate of drug-likeness (QED) is 0.941. The van der Waals surface area contributed by atoms with Crippen molar-refractivity contribution in [1.29, 1.82) is 0 Å². The number of amides is 1. The van der Waals surface area contributed by atoms with Gasteiger partial charge in [-0.25, -0.2) is 0 Å². The molecule has 1 aromatic heterocycles. The van der Waals surface area contributed by atoms with Crippen molar-refractivity contribution >= 4 is 17.5 Å². The number of aromatic nitrogens is 1. The van der Waals surface area contributed by atoms with Gasteiger partial charge in [0, 0.05) is 41.7 Å². The number of hydrogen-bond donors (Lipinski definition) is 1. The molecule has 2 aromatic rings. The summed E-state index contributed by atoms with van der Waals surface area (Å²) in [6.07, 6.45) is 0. The first-order valence-corrected chi connectivity index (χ1v) is 7.66. The van der Waals surface area contributed by atoms with Gasteiger partial charge < -0.3 is 15.2 Å². The molecule has 5 heteroatoms. The lowest BCUT2D eigenvalue weighted by Gasteiger charge is -2.23. The van der Waals surface area contributed by atoms with Crippen molar-refractivity contribution in [3.8, 4) is 5.69 Å². The summed E-state index contributed by atoms with van der Waals surface area (Å²) >= 11 is 6.08. The average molecular weight is 320 g/mol. The third-order valence-electron chi connectivity index (χ3n) is 4.05. The van der Waals surface area contributed by atoms with Crippen molar-refractivity contribution in [2.75, 3.05) is 13.6 Å². The molecule has 0 bridgehead atoms. The lowest BCUT2D eigenvalue weighted by Crippen LogP contribution is -2.39. The Morgan fingerprint density at radius 3 is 2.64 bits per heavy atom. The second kappa shape index (κ2) is 6.55. The Kier molecular flexibility index (Phi) is 4.94. The number of nitrogens with two attached hydrogens (primary N) is 1. The molecular formula is C17H22ClN3O. The van der Waals surface area contributed by atoms with Crippen LogP contribution in [-0.2, 0) is 0 Å². The molecule has 0 aliphatic heterocycles. The zero-order valence-electron chi connectivity index (χ0n) is 13.4. The van der Waals surface area contributed by atoms with Gasteiger partial charge >= 0.3 is 0 Å². The second-order valence-corrected chi connectivity index (χ2v) is 6.04. The molecule has 0 spiro atoms. The Bertz CT molecular complexity index is 693. The second-order valence-electron chi connectivity index (χ2n) is 5.60. The smallest absolute Gasteiger partial charge is 0.255 e. The Hall–Kier alpha value is -1.78. The van der Waals surface area contributed by atoms with Crippen LogP contribution in [-0.4, -0.2) is 35.0 Å². The summed E-state index contributed by atoms with van der Waals surface area (Å²) in [5, 5.41) is 0.673. The SMILES string of the molecule is Cc1cc(C(=O)N(C)C(C)CN)c(C)n1-c1cccc(Cl)c1. The molecule has 0 aliphatic rings. The van der Waals surface area contributed by atoms with E-state index in [9.17, 15) is 4.79 Å². The van der Waals surface area contributed by atoms with E-state index in [1.165, 1.54) is 0 Å². The minimum Gasteiger partial charge on any atom is -0.338 e. The van der Waals surface area contributed by atoms with E-state index < -0.39 is 0 Å². The maximum absolute atomic E-state index is 12.7. The molecule has 1 unspecified atom stereocenters. The zero-order valence-corrected chi connectivity index (χ0v) is 14.2. The molecule has 22 heavy (non-hydrogen) atoms. The Labute approximate surface area is 136 Å². The van der Waals surface area contributed by atoms with E-state index in [0.29, 0.717) is 17.1 Å². The van der Waals surface area contributed by atoms with Gasteiger partial charge in [-0.15, -0.1) is 0 Å². The zero-order chi connectivity index (χ0) is 16.4. The largest absolute Gasteiger partial charge is 0.338 e. The average Bonchev–Trinajstić information content (AvgIpc) is 2.79. The van der Waals surface area contributed by atoms with Gasteiger partial charge in [0.25, 0.3) is 5.91 Å². The molecule has 1 amide bonds. The normalized spacial score (nSPS) is 12.3. The summed E-state index contributed by atoms with van der Waals surface area (Å²) < 4.78 is 2.04. The Morgan fingerprint density at radius 2 is 2.05 bits per heavy atom. The highest BCUT2D eigenvalue weighted by Crippen LogP contribution is 2.24. The molecule has 0 saturated carbocycles. The number of aryl methyl sites for hydroxylation is 1. The summed E-state index contributed by atoms with van der Waals surface area (Å²) in [7, 11) is 1.78. The number of likely N-dealkylation sites (N-methyl/N-ethyl adjacent to an activating group) is 1. The van der Waals surface area contributed by atoms with Crippen LogP contribution in [0.4, 0.5) is 0 Å². The van der Waals surface area contributed by atoms with Gasteiger partial charge in [0.05, 0.1) is 5.56 Å². The van der Waals surface area contributed by atoms with Crippen LogP contribution in [0.1, 0.15) is 28.7 Å². The molecular weight excluding hydrogens is 298 g/mol. The number of carbonyl (C=O) groups excluding carboxylic acids is 1. The van der Waals surface area contributed by atoms with E-state index in [2.05, 4.69) is 0 Å². The van der Waals surface area contributed by atoms with Crippen LogP contribution in [0, 0.1) is 13.8 Å². The van der Waals surface area contributed by atoms with Crippen molar-refractivity contribution in [1.82, 2.24) is 9.47 Å². The lowest BCUT2D eigenvalue weighted by atomic mass is 10.2. The topological polar surface area (TPSA) is 51.3 Å². The maximum Gasteiger partial charge on any atom is 0.255 e. The molecule has 0 fully saturated rings. The Morgan fingerprint density at radius 1 is 1.36 bits per heavy atom. The molecule has 2 rings (SSSR count). The molecule has 1 atom stereocenters. The van der Waals surface area contributed by atoms with Crippen LogP contribution < -0.4 is 5.73 Å². The summed E-state index contributed by atoms with van der Waals surface area (Å²) in [5.74, 6) is -0.0145. The third-order valence-corrected chi connectivity index (χ3v) is 4.29. The van der Waals surface area contributed by atoms with Crippen LogP contribution in [0.2, 0.25) is 5.02 Å². The van der Waals surface area contributed by atoms with E-state index in [4.69, 9.17) is 17.3 Å². The van der Waals surface area contributed by atoms with Crippen LogP contribution >= 0.6 is 11.6 Å². The number of nitrogens with zero attached hydrogens (tertiary/aromatic N) is 2. The molecule has 0 saturated heterocycles. The predicted molar refractivity (Wildman–Crippen MR) is 90.9 cm³/mol. The van der Waals surface area contributed by atoms with Crippen molar-refractivity contribution in [2.24, 2.45) is 5.73 Å². The van der Waals surface area contributed by atoms with Gasteiger partial charge in [-0.1, -0.05) is 17.7 Å². The summed E-state index contributed by atoms with van der Waals surface area (Å²) in [4.78, 5) is 14.3. The number of benzene rings is 1. The fourth-order valence-electron chi connectivity index (χ4n) is 2.54. The van der Waals surface area contributed by atoms with Crippen LogP contribution in [0.25, 0.3) is 5.69 Å². The highest BCUT2D eigenvalue weighted by molar-refractivity contribution is 6.30. The minimum atomic E-state index is -0.0145. The predicted octanol–water partition coefficient (Wildman–Crippen LogP) is 3.17. The standard InChI is InChI=1S/C17H22ClN3O/c1-11-8-16(17(22)20(4)12(2)10-19)13(3)21(11)15-7-5-6-14(18)9-15/h5-9,12H,10,19H2,1-4H3.